The molecule has 5 aromatic rings. The van der Waals surface area contributed by atoms with Gasteiger partial charge in [0, 0.05) is 43.1 Å². The molecule has 3 aromatic carbocycles. The lowest BCUT2D eigenvalue weighted by molar-refractivity contribution is 0.886. The van der Waals surface area contributed by atoms with Crippen molar-refractivity contribution in [2.45, 2.75) is 24.8 Å². The highest BCUT2D eigenvalue weighted by Gasteiger charge is 2.17. The topological polar surface area (TPSA) is 46.5 Å². The van der Waals surface area contributed by atoms with Gasteiger partial charge >= 0.3 is 0 Å². The molecular formula is C25H20BrClN4S. The van der Waals surface area contributed by atoms with Gasteiger partial charge in [-0.2, -0.15) is 0 Å². The van der Waals surface area contributed by atoms with Crippen molar-refractivity contribution in [3.05, 3.63) is 93.0 Å². The number of thioether (sulfide) groups is 1. The molecule has 0 aliphatic carbocycles. The van der Waals surface area contributed by atoms with E-state index in [2.05, 4.69) is 79.9 Å². The number of hydrogen-bond acceptors (Lipinski definition) is 3. The lowest BCUT2D eigenvalue weighted by Crippen LogP contribution is -2.00. The molecule has 0 radical (unpaired) electrons. The largest absolute Gasteiger partial charge is 0.358 e. The van der Waals surface area contributed by atoms with Crippen LogP contribution in [0.4, 0.5) is 0 Å². The zero-order chi connectivity index (χ0) is 22.2. The van der Waals surface area contributed by atoms with Crippen LogP contribution in [-0.4, -0.2) is 19.7 Å². The Labute approximate surface area is 204 Å². The van der Waals surface area contributed by atoms with E-state index in [1.165, 1.54) is 22.2 Å². The Bertz CT molecular complexity index is 1400. The molecular weight excluding hydrogens is 504 g/mol. The van der Waals surface area contributed by atoms with Crippen molar-refractivity contribution in [1.29, 1.82) is 0 Å². The highest BCUT2D eigenvalue weighted by Crippen LogP contribution is 2.33. The third-order valence-electron chi connectivity index (χ3n) is 5.57. The summed E-state index contributed by atoms with van der Waals surface area (Å²) >= 11 is 11.2. The van der Waals surface area contributed by atoms with Gasteiger partial charge in [-0.05, 0) is 79.6 Å². The monoisotopic (exact) mass is 522 g/mol. The van der Waals surface area contributed by atoms with E-state index >= 15 is 0 Å². The third kappa shape index (κ3) is 4.10. The molecule has 32 heavy (non-hydrogen) atoms. The van der Waals surface area contributed by atoms with E-state index in [9.17, 15) is 0 Å². The lowest BCUT2D eigenvalue weighted by Gasteiger charge is -2.11. The first-order valence-electron chi connectivity index (χ1n) is 10.2. The van der Waals surface area contributed by atoms with Crippen molar-refractivity contribution in [2.75, 3.05) is 0 Å². The van der Waals surface area contributed by atoms with Gasteiger partial charge in [0.2, 0.25) is 0 Å². The fourth-order valence-corrected chi connectivity index (χ4v) is 5.00. The Hall–Kier alpha value is -2.54. The van der Waals surface area contributed by atoms with Gasteiger partial charge in [0.15, 0.2) is 11.0 Å². The first-order chi connectivity index (χ1) is 15.5. The second kappa shape index (κ2) is 8.77. The van der Waals surface area contributed by atoms with Crippen LogP contribution < -0.4 is 0 Å². The highest BCUT2D eigenvalue weighted by atomic mass is 79.9. The maximum Gasteiger partial charge on any atom is 0.196 e. The molecule has 0 fully saturated rings. The van der Waals surface area contributed by atoms with Gasteiger partial charge in [-0.1, -0.05) is 51.4 Å². The van der Waals surface area contributed by atoms with E-state index in [0.29, 0.717) is 0 Å². The molecule has 0 saturated heterocycles. The maximum atomic E-state index is 6.03. The number of nitrogens with zero attached hydrogens (tertiary/aromatic N) is 3. The van der Waals surface area contributed by atoms with Crippen molar-refractivity contribution < 1.29 is 0 Å². The van der Waals surface area contributed by atoms with Crippen LogP contribution in [0.5, 0.6) is 0 Å². The summed E-state index contributed by atoms with van der Waals surface area (Å²) in [5, 5.41) is 12.0. The van der Waals surface area contributed by atoms with Crippen molar-refractivity contribution in [1.82, 2.24) is 19.7 Å². The van der Waals surface area contributed by atoms with Crippen LogP contribution in [0.15, 0.2) is 76.4 Å². The molecule has 0 atom stereocenters. The number of H-pyrrole nitrogens is 1. The second-order valence-corrected chi connectivity index (χ2v) is 9.96. The van der Waals surface area contributed by atoms with Gasteiger partial charge in [0.25, 0.3) is 0 Å². The number of nitrogens with one attached hydrogen (secondary N) is 1. The lowest BCUT2D eigenvalue weighted by atomic mass is 10.1. The first kappa shape index (κ1) is 21.3. The number of benzene rings is 3. The summed E-state index contributed by atoms with van der Waals surface area (Å²) in [4.78, 5) is 3.44. The van der Waals surface area contributed by atoms with E-state index in [1.807, 2.05) is 36.4 Å². The summed E-state index contributed by atoms with van der Waals surface area (Å²) in [5.41, 5.74) is 6.82. The summed E-state index contributed by atoms with van der Waals surface area (Å²) in [6.45, 7) is 4.25. The third-order valence-corrected chi connectivity index (χ3v) is 7.35. The standard InChI is InChI=1S/C25H20BrClN4S/c1-15-16(2)28-23-12-5-18(13-22(15)23)24-29-30-25(31(24)21-10-6-19(26)7-11-21)32-14-17-3-8-20(27)9-4-17/h3-13,28H,14H2,1-2H3. The molecule has 0 bridgehead atoms. The number of aryl methyl sites for hydroxylation is 2. The number of fused-ring (bicyclic) bond motifs is 1. The van der Waals surface area contributed by atoms with E-state index in [4.69, 9.17) is 11.6 Å². The molecule has 2 heterocycles. The number of hydrogen-bond donors (Lipinski definition) is 1. The smallest absolute Gasteiger partial charge is 0.196 e. The number of halogens is 2. The van der Waals surface area contributed by atoms with Gasteiger partial charge in [-0.3, -0.25) is 4.57 Å². The summed E-state index contributed by atoms with van der Waals surface area (Å²) < 4.78 is 3.16. The number of rotatable bonds is 5. The van der Waals surface area contributed by atoms with Crippen LogP contribution in [0.1, 0.15) is 16.8 Å². The highest BCUT2D eigenvalue weighted by molar-refractivity contribution is 9.10. The minimum atomic E-state index is 0.741. The minimum Gasteiger partial charge on any atom is -0.358 e. The normalized spacial score (nSPS) is 11.4. The van der Waals surface area contributed by atoms with Gasteiger partial charge in [-0.25, -0.2) is 0 Å². The molecule has 5 rings (SSSR count). The molecule has 0 unspecified atom stereocenters. The second-order valence-electron chi connectivity index (χ2n) is 7.67. The van der Waals surface area contributed by atoms with Gasteiger partial charge in [0.05, 0.1) is 0 Å². The summed E-state index contributed by atoms with van der Waals surface area (Å²) in [7, 11) is 0. The fraction of sp³-hybridized carbons (Fsp3) is 0.120. The van der Waals surface area contributed by atoms with Crippen molar-refractivity contribution in [3.63, 3.8) is 0 Å². The van der Waals surface area contributed by atoms with Gasteiger partial charge < -0.3 is 4.98 Å². The Morgan fingerprint density at radius 3 is 2.47 bits per heavy atom. The average Bonchev–Trinajstić information content (AvgIpc) is 3.34. The predicted molar refractivity (Wildman–Crippen MR) is 137 cm³/mol. The van der Waals surface area contributed by atoms with Crippen LogP contribution in [0, 0.1) is 13.8 Å². The molecule has 7 heteroatoms. The molecule has 4 nitrogen and oxygen atoms in total. The zero-order valence-corrected chi connectivity index (χ0v) is 20.7. The Morgan fingerprint density at radius 2 is 1.72 bits per heavy atom. The van der Waals surface area contributed by atoms with Crippen LogP contribution >= 0.6 is 39.3 Å². The van der Waals surface area contributed by atoms with E-state index in [1.54, 1.807) is 11.8 Å². The molecule has 160 valence electrons. The molecule has 0 aliphatic heterocycles. The Morgan fingerprint density at radius 1 is 0.969 bits per heavy atom. The SMILES string of the molecule is Cc1[nH]c2ccc(-c3nnc(SCc4ccc(Cl)cc4)n3-c3ccc(Br)cc3)cc2c1C. The fourth-order valence-electron chi connectivity index (χ4n) is 3.70. The average molecular weight is 524 g/mol. The van der Waals surface area contributed by atoms with Crippen LogP contribution in [0.2, 0.25) is 5.02 Å². The van der Waals surface area contributed by atoms with Crippen molar-refractivity contribution in [3.8, 4) is 17.1 Å². The molecule has 0 spiro atoms. The molecule has 0 saturated carbocycles. The molecule has 1 N–H and O–H groups in total. The number of aromatic nitrogens is 4. The first-order valence-corrected chi connectivity index (χ1v) is 12.3. The molecule has 0 aliphatic rings. The van der Waals surface area contributed by atoms with Gasteiger partial charge in [-0.15, -0.1) is 10.2 Å². The van der Waals surface area contributed by atoms with E-state index in [0.717, 1.165) is 43.0 Å². The minimum absolute atomic E-state index is 0.741. The molecule has 2 aromatic heterocycles. The summed E-state index contributed by atoms with van der Waals surface area (Å²) in [5.74, 6) is 1.60. The van der Waals surface area contributed by atoms with E-state index < -0.39 is 0 Å². The van der Waals surface area contributed by atoms with Crippen LogP contribution in [0.3, 0.4) is 0 Å². The summed E-state index contributed by atoms with van der Waals surface area (Å²) in [6, 6.07) is 22.6. The Balaban J connectivity index is 1.58. The van der Waals surface area contributed by atoms with Crippen molar-refractivity contribution >= 4 is 50.2 Å². The van der Waals surface area contributed by atoms with Crippen LogP contribution in [-0.2, 0) is 5.75 Å². The zero-order valence-electron chi connectivity index (χ0n) is 17.6. The quantitative estimate of drug-likeness (QED) is 0.240. The van der Waals surface area contributed by atoms with Crippen molar-refractivity contribution in [2.24, 2.45) is 0 Å². The Kier molecular flexibility index (Phi) is 5.84. The maximum absolute atomic E-state index is 6.03. The predicted octanol–water partition coefficient (Wildman–Crippen LogP) is 7.74. The van der Waals surface area contributed by atoms with Gasteiger partial charge in [0.1, 0.15) is 0 Å². The van der Waals surface area contributed by atoms with E-state index in [-0.39, 0.29) is 0 Å². The molecule has 0 amide bonds. The van der Waals surface area contributed by atoms with Crippen LogP contribution in [0.25, 0.3) is 28.0 Å². The summed E-state index contributed by atoms with van der Waals surface area (Å²) in [6.07, 6.45) is 0. The number of aromatic amines is 1.